The SMILES string of the molecule is O=C(NCCNC(=O)c1cc2ccccc2[nH]1)c1ccc2c(c1)OCCCO2. The average Bonchev–Trinajstić information content (AvgIpc) is 3.02. The number of carbonyl (C=O) groups is 2. The van der Waals surface area contributed by atoms with Crippen LogP contribution in [0.1, 0.15) is 27.3 Å². The summed E-state index contributed by atoms with van der Waals surface area (Å²) in [5.41, 5.74) is 1.90. The molecule has 144 valence electrons. The molecule has 0 spiro atoms. The summed E-state index contributed by atoms with van der Waals surface area (Å²) in [5.74, 6) is 0.799. The van der Waals surface area contributed by atoms with Crippen molar-refractivity contribution < 1.29 is 19.1 Å². The number of H-pyrrole nitrogens is 1. The van der Waals surface area contributed by atoms with E-state index in [0.717, 1.165) is 17.3 Å². The number of hydrogen-bond donors (Lipinski definition) is 3. The molecule has 0 saturated carbocycles. The van der Waals surface area contributed by atoms with Crippen molar-refractivity contribution in [3.8, 4) is 11.5 Å². The van der Waals surface area contributed by atoms with E-state index in [1.165, 1.54) is 0 Å². The van der Waals surface area contributed by atoms with Crippen molar-refractivity contribution in [1.82, 2.24) is 15.6 Å². The third-order valence-corrected chi connectivity index (χ3v) is 4.48. The fourth-order valence-corrected chi connectivity index (χ4v) is 3.05. The van der Waals surface area contributed by atoms with Gasteiger partial charge in [-0.05, 0) is 30.3 Å². The lowest BCUT2D eigenvalue weighted by molar-refractivity contribution is 0.0925. The third-order valence-electron chi connectivity index (χ3n) is 4.48. The lowest BCUT2D eigenvalue weighted by atomic mass is 10.2. The van der Waals surface area contributed by atoms with Crippen molar-refractivity contribution in [1.29, 1.82) is 0 Å². The fourth-order valence-electron chi connectivity index (χ4n) is 3.05. The van der Waals surface area contributed by atoms with E-state index in [1.54, 1.807) is 24.3 Å². The van der Waals surface area contributed by atoms with Crippen molar-refractivity contribution in [2.75, 3.05) is 26.3 Å². The zero-order chi connectivity index (χ0) is 19.3. The summed E-state index contributed by atoms with van der Waals surface area (Å²) < 4.78 is 11.2. The molecule has 4 rings (SSSR count). The third kappa shape index (κ3) is 3.93. The van der Waals surface area contributed by atoms with E-state index in [-0.39, 0.29) is 11.8 Å². The van der Waals surface area contributed by atoms with Gasteiger partial charge < -0.3 is 25.1 Å². The molecule has 28 heavy (non-hydrogen) atoms. The minimum absolute atomic E-state index is 0.207. The maximum Gasteiger partial charge on any atom is 0.267 e. The van der Waals surface area contributed by atoms with Crippen LogP contribution in [0.5, 0.6) is 11.5 Å². The van der Waals surface area contributed by atoms with Gasteiger partial charge in [0.1, 0.15) is 5.69 Å². The number of amides is 2. The standard InChI is InChI=1S/C21H21N3O4/c25-20(15-6-7-18-19(13-15)28-11-3-10-27-18)22-8-9-23-21(26)17-12-14-4-1-2-5-16(14)24-17/h1-2,4-7,12-13,24H,3,8-11H2,(H,22,25)(H,23,26). The van der Waals surface area contributed by atoms with Crippen LogP contribution in [0.2, 0.25) is 0 Å². The number of aromatic nitrogens is 1. The predicted molar refractivity (Wildman–Crippen MR) is 105 cm³/mol. The molecule has 1 aliphatic rings. The van der Waals surface area contributed by atoms with Gasteiger partial charge in [-0.2, -0.15) is 0 Å². The molecule has 0 fully saturated rings. The normalized spacial score (nSPS) is 13.0. The maximum absolute atomic E-state index is 12.3. The minimum atomic E-state index is -0.226. The summed E-state index contributed by atoms with van der Waals surface area (Å²) >= 11 is 0. The van der Waals surface area contributed by atoms with E-state index in [4.69, 9.17) is 9.47 Å². The number of nitrogens with one attached hydrogen (secondary N) is 3. The molecule has 2 aromatic carbocycles. The Morgan fingerprint density at radius 2 is 1.64 bits per heavy atom. The first-order valence-corrected chi connectivity index (χ1v) is 9.24. The van der Waals surface area contributed by atoms with Crippen LogP contribution < -0.4 is 20.1 Å². The monoisotopic (exact) mass is 379 g/mol. The average molecular weight is 379 g/mol. The zero-order valence-electron chi connectivity index (χ0n) is 15.3. The summed E-state index contributed by atoms with van der Waals surface area (Å²) in [7, 11) is 0. The van der Waals surface area contributed by atoms with E-state index in [1.807, 2.05) is 24.3 Å². The lowest BCUT2D eigenvalue weighted by Crippen LogP contribution is -2.34. The molecule has 7 nitrogen and oxygen atoms in total. The van der Waals surface area contributed by atoms with Crippen LogP contribution >= 0.6 is 0 Å². The highest BCUT2D eigenvalue weighted by atomic mass is 16.5. The van der Waals surface area contributed by atoms with Crippen molar-refractivity contribution in [3.05, 3.63) is 59.8 Å². The Labute approximate surface area is 162 Å². The Morgan fingerprint density at radius 1 is 0.893 bits per heavy atom. The second kappa shape index (κ2) is 8.04. The van der Waals surface area contributed by atoms with E-state index in [9.17, 15) is 9.59 Å². The summed E-state index contributed by atoms with van der Waals surface area (Å²) in [5, 5.41) is 6.57. The van der Waals surface area contributed by atoms with Crippen LogP contribution in [0.25, 0.3) is 10.9 Å². The van der Waals surface area contributed by atoms with E-state index >= 15 is 0 Å². The number of aromatic amines is 1. The first-order valence-electron chi connectivity index (χ1n) is 9.24. The van der Waals surface area contributed by atoms with E-state index in [0.29, 0.717) is 49.1 Å². The predicted octanol–water partition coefficient (Wildman–Crippen LogP) is 2.49. The molecule has 0 atom stereocenters. The van der Waals surface area contributed by atoms with Crippen molar-refractivity contribution in [2.24, 2.45) is 0 Å². The summed E-state index contributed by atoms with van der Waals surface area (Å²) in [6.07, 6.45) is 0.812. The maximum atomic E-state index is 12.3. The van der Waals surface area contributed by atoms with Crippen molar-refractivity contribution in [2.45, 2.75) is 6.42 Å². The number of hydrogen-bond acceptors (Lipinski definition) is 4. The Bertz CT molecular complexity index is 979. The molecule has 3 aromatic rings. The smallest absolute Gasteiger partial charge is 0.267 e. The Morgan fingerprint density at radius 3 is 2.46 bits per heavy atom. The Kier molecular flexibility index (Phi) is 5.14. The van der Waals surface area contributed by atoms with Gasteiger partial charge in [0, 0.05) is 36.0 Å². The summed E-state index contributed by atoms with van der Waals surface area (Å²) in [6.45, 7) is 1.82. The highest BCUT2D eigenvalue weighted by Gasteiger charge is 2.14. The van der Waals surface area contributed by atoms with Gasteiger partial charge in [0.2, 0.25) is 0 Å². The fraction of sp³-hybridized carbons (Fsp3) is 0.238. The van der Waals surface area contributed by atoms with Gasteiger partial charge in [-0.1, -0.05) is 18.2 Å². The largest absolute Gasteiger partial charge is 0.490 e. The van der Waals surface area contributed by atoms with E-state index < -0.39 is 0 Å². The number of rotatable bonds is 5. The van der Waals surface area contributed by atoms with Crippen LogP contribution in [0.3, 0.4) is 0 Å². The Balaban J connectivity index is 1.28. The van der Waals surface area contributed by atoms with Gasteiger partial charge in [0.15, 0.2) is 11.5 Å². The molecule has 0 radical (unpaired) electrons. The van der Waals surface area contributed by atoms with Crippen LogP contribution in [0.4, 0.5) is 0 Å². The molecule has 0 unspecified atom stereocenters. The first kappa shape index (κ1) is 17.9. The topological polar surface area (TPSA) is 92.5 Å². The molecule has 1 aliphatic heterocycles. The summed E-state index contributed by atoms with van der Waals surface area (Å²) in [6, 6.07) is 14.6. The summed E-state index contributed by atoms with van der Waals surface area (Å²) in [4.78, 5) is 27.6. The first-order chi connectivity index (χ1) is 13.7. The molecule has 2 amide bonds. The number of para-hydroxylation sites is 1. The second-order valence-corrected chi connectivity index (χ2v) is 6.49. The van der Waals surface area contributed by atoms with Crippen LogP contribution in [-0.2, 0) is 0 Å². The van der Waals surface area contributed by atoms with Crippen molar-refractivity contribution in [3.63, 3.8) is 0 Å². The number of ether oxygens (including phenoxy) is 2. The van der Waals surface area contributed by atoms with Gasteiger partial charge in [0.25, 0.3) is 11.8 Å². The quantitative estimate of drug-likeness (QED) is 0.594. The lowest BCUT2D eigenvalue weighted by Gasteiger charge is -2.10. The molecule has 7 heteroatoms. The van der Waals surface area contributed by atoms with Crippen molar-refractivity contribution >= 4 is 22.7 Å². The zero-order valence-corrected chi connectivity index (χ0v) is 15.3. The molecular weight excluding hydrogens is 358 g/mol. The Hall–Kier alpha value is -3.48. The van der Waals surface area contributed by atoms with Crippen LogP contribution in [-0.4, -0.2) is 43.1 Å². The number of carbonyl (C=O) groups excluding carboxylic acids is 2. The molecule has 2 heterocycles. The molecule has 0 saturated heterocycles. The minimum Gasteiger partial charge on any atom is -0.490 e. The van der Waals surface area contributed by atoms with Gasteiger partial charge in [-0.25, -0.2) is 0 Å². The molecule has 0 bridgehead atoms. The highest BCUT2D eigenvalue weighted by Crippen LogP contribution is 2.30. The van der Waals surface area contributed by atoms with Gasteiger partial charge in [-0.3, -0.25) is 9.59 Å². The second-order valence-electron chi connectivity index (χ2n) is 6.49. The van der Waals surface area contributed by atoms with Crippen LogP contribution in [0, 0.1) is 0 Å². The number of benzene rings is 2. The van der Waals surface area contributed by atoms with Gasteiger partial charge >= 0.3 is 0 Å². The van der Waals surface area contributed by atoms with Gasteiger partial charge in [0.05, 0.1) is 13.2 Å². The number of fused-ring (bicyclic) bond motifs is 2. The van der Waals surface area contributed by atoms with Gasteiger partial charge in [-0.15, -0.1) is 0 Å². The molecule has 0 aliphatic carbocycles. The highest BCUT2D eigenvalue weighted by molar-refractivity contribution is 5.98. The molecular formula is C21H21N3O4. The van der Waals surface area contributed by atoms with E-state index in [2.05, 4.69) is 15.6 Å². The van der Waals surface area contributed by atoms with Crippen LogP contribution in [0.15, 0.2) is 48.5 Å². The molecule has 3 N–H and O–H groups in total. The molecule has 1 aromatic heterocycles.